The van der Waals surface area contributed by atoms with Crippen molar-refractivity contribution in [1.29, 1.82) is 0 Å². The highest BCUT2D eigenvalue weighted by Crippen LogP contribution is 2.40. The summed E-state index contributed by atoms with van der Waals surface area (Å²) in [5, 5.41) is 3.01. The zero-order valence-corrected chi connectivity index (χ0v) is 15.7. The van der Waals surface area contributed by atoms with Crippen molar-refractivity contribution in [2.75, 3.05) is 19.6 Å². The Labute approximate surface area is 160 Å². The fourth-order valence-corrected chi connectivity index (χ4v) is 4.49. The number of rotatable bonds is 3. The number of nitrogens with one attached hydrogen (secondary N) is 1. The standard InChI is InChI=1S/C23H27FN2O/c24-21-4-2-1-3-20(21)19-7-5-18(6-8-19)17-26-15-12-23(13-16-26)10-9-22(27)25-14-11-23/h1-8H,9-17H2,(H,25,27). The first-order chi connectivity index (χ1) is 13.1. The molecule has 2 fully saturated rings. The summed E-state index contributed by atoms with van der Waals surface area (Å²) >= 11 is 0. The van der Waals surface area contributed by atoms with Gasteiger partial charge in [0.05, 0.1) is 0 Å². The van der Waals surface area contributed by atoms with Gasteiger partial charge in [-0.15, -0.1) is 0 Å². The van der Waals surface area contributed by atoms with E-state index in [-0.39, 0.29) is 11.7 Å². The monoisotopic (exact) mass is 366 g/mol. The molecule has 2 saturated heterocycles. The van der Waals surface area contributed by atoms with E-state index in [1.807, 2.05) is 24.3 Å². The molecule has 1 amide bonds. The lowest BCUT2D eigenvalue weighted by molar-refractivity contribution is -0.121. The molecule has 0 bridgehead atoms. The smallest absolute Gasteiger partial charge is 0.220 e. The molecule has 0 radical (unpaired) electrons. The van der Waals surface area contributed by atoms with Crippen molar-refractivity contribution < 1.29 is 9.18 Å². The summed E-state index contributed by atoms with van der Waals surface area (Å²) in [6.07, 6.45) is 5.18. The normalized spacial score (nSPS) is 20.3. The molecule has 2 aliphatic rings. The minimum Gasteiger partial charge on any atom is -0.356 e. The molecule has 2 heterocycles. The molecular formula is C23H27FN2O. The fraction of sp³-hybridized carbons (Fsp3) is 0.435. The second-order valence-electron chi connectivity index (χ2n) is 8.05. The molecule has 4 heteroatoms. The number of hydrogen-bond acceptors (Lipinski definition) is 2. The molecule has 2 aromatic rings. The number of amides is 1. The van der Waals surface area contributed by atoms with Crippen LogP contribution in [0.3, 0.4) is 0 Å². The molecule has 4 rings (SSSR count). The Morgan fingerprint density at radius 3 is 2.44 bits per heavy atom. The lowest BCUT2D eigenvalue weighted by Gasteiger charge is -2.41. The van der Waals surface area contributed by atoms with E-state index in [2.05, 4.69) is 22.3 Å². The lowest BCUT2D eigenvalue weighted by atomic mass is 9.73. The molecule has 0 aromatic heterocycles. The molecule has 0 saturated carbocycles. The number of piperidine rings is 1. The predicted molar refractivity (Wildman–Crippen MR) is 106 cm³/mol. The van der Waals surface area contributed by atoms with Crippen LogP contribution in [-0.4, -0.2) is 30.4 Å². The maximum Gasteiger partial charge on any atom is 0.220 e. The van der Waals surface area contributed by atoms with Gasteiger partial charge in [0.2, 0.25) is 5.91 Å². The highest BCUT2D eigenvalue weighted by atomic mass is 19.1. The fourth-order valence-electron chi connectivity index (χ4n) is 4.49. The van der Waals surface area contributed by atoms with Gasteiger partial charge in [-0.1, -0.05) is 42.5 Å². The number of halogens is 1. The summed E-state index contributed by atoms with van der Waals surface area (Å²) in [5.74, 6) is 0.0344. The molecule has 2 aromatic carbocycles. The first-order valence-corrected chi connectivity index (χ1v) is 9.97. The molecular weight excluding hydrogens is 339 g/mol. The van der Waals surface area contributed by atoms with E-state index < -0.39 is 0 Å². The van der Waals surface area contributed by atoms with Crippen LogP contribution < -0.4 is 5.32 Å². The molecule has 0 atom stereocenters. The van der Waals surface area contributed by atoms with Gasteiger partial charge >= 0.3 is 0 Å². The second-order valence-corrected chi connectivity index (χ2v) is 8.05. The van der Waals surface area contributed by atoms with Crippen LogP contribution in [0.2, 0.25) is 0 Å². The highest BCUT2D eigenvalue weighted by molar-refractivity contribution is 5.76. The van der Waals surface area contributed by atoms with E-state index in [1.165, 1.54) is 24.5 Å². The van der Waals surface area contributed by atoms with Crippen molar-refractivity contribution in [2.45, 2.75) is 38.6 Å². The van der Waals surface area contributed by atoms with Crippen molar-refractivity contribution in [3.05, 3.63) is 59.9 Å². The average molecular weight is 366 g/mol. The Morgan fingerprint density at radius 2 is 1.70 bits per heavy atom. The van der Waals surface area contributed by atoms with E-state index in [1.54, 1.807) is 6.07 Å². The Hall–Kier alpha value is -2.20. The summed E-state index contributed by atoms with van der Waals surface area (Å²) in [6, 6.07) is 15.2. The van der Waals surface area contributed by atoms with Gasteiger partial charge < -0.3 is 5.32 Å². The molecule has 142 valence electrons. The van der Waals surface area contributed by atoms with Crippen molar-refractivity contribution in [1.82, 2.24) is 10.2 Å². The van der Waals surface area contributed by atoms with Crippen molar-refractivity contribution in [3.8, 4) is 11.1 Å². The molecule has 1 spiro atoms. The third-order valence-electron chi connectivity index (χ3n) is 6.32. The molecule has 0 unspecified atom stereocenters. The third kappa shape index (κ3) is 4.22. The summed E-state index contributed by atoms with van der Waals surface area (Å²) in [5.41, 5.74) is 3.19. The highest BCUT2D eigenvalue weighted by Gasteiger charge is 2.35. The summed E-state index contributed by atoms with van der Waals surface area (Å²) in [4.78, 5) is 14.1. The van der Waals surface area contributed by atoms with E-state index in [0.717, 1.165) is 44.6 Å². The first kappa shape index (κ1) is 18.2. The molecule has 1 N–H and O–H groups in total. The topological polar surface area (TPSA) is 32.3 Å². The van der Waals surface area contributed by atoms with E-state index in [4.69, 9.17) is 0 Å². The van der Waals surface area contributed by atoms with Gasteiger partial charge in [-0.2, -0.15) is 0 Å². The number of nitrogens with zero attached hydrogens (tertiary/aromatic N) is 1. The molecule has 0 aliphatic carbocycles. The van der Waals surface area contributed by atoms with E-state index in [0.29, 0.717) is 17.4 Å². The summed E-state index contributed by atoms with van der Waals surface area (Å²) < 4.78 is 13.9. The van der Waals surface area contributed by atoms with Gasteiger partial charge in [0.25, 0.3) is 0 Å². The second kappa shape index (κ2) is 7.81. The first-order valence-electron chi connectivity index (χ1n) is 9.97. The van der Waals surface area contributed by atoms with Crippen LogP contribution in [0.15, 0.2) is 48.5 Å². The number of benzene rings is 2. The number of carbonyl (C=O) groups excluding carboxylic acids is 1. The summed E-state index contributed by atoms with van der Waals surface area (Å²) in [7, 11) is 0. The van der Waals surface area contributed by atoms with Gasteiger partial charge in [-0.3, -0.25) is 9.69 Å². The van der Waals surface area contributed by atoms with Crippen LogP contribution in [0, 0.1) is 11.2 Å². The van der Waals surface area contributed by atoms with Crippen LogP contribution in [0.25, 0.3) is 11.1 Å². The van der Waals surface area contributed by atoms with Crippen molar-refractivity contribution in [3.63, 3.8) is 0 Å². The predicted octanol–water partition coefficient (Wildman–Crippen LogP) is 4.38. The number of carbonyl (C=O) groups is 1. The third-order valence-corrected chi connectivity index (χ3v) is 6.32. The Bertz CT molecular complexity index is 794. The lowest BCUT2D eigenvalue weighted by Crippen LogP contribution is -2.40. The quantitative estimate of drug-likeness (QED) is 0.875. The Balaban J connectivity index is 1.35. The zero-order chi connectivity index (χ0) is 18.7. The van der Waals surface area contributed by atoms with Gasteiger partial charge in [-0.05, 0) is 61.4 Å². The van der Waals surface area contributed by atoms with Crippen molar-refractivity contribution in [2.24, 2.45) is 5.41 Å². The summed E-state index contributed by atoms with van der Waals surface area (Å²) in [6.45, 7) is 3.94. The Kier molecular flexibility index (Phi) is 5.26. The minimum atomic E-state index is -0.178. The van der Waals surface area contributed by atoms with Crippen LogP contribution in [-0.2, 0) is 11.3 Å². The largest absolute Gasteiger partial charge is 0.356 e. The SMILES string of the molecule is O=C1CCC2(CCN1)CCN(Cc1ccc(-c3ccccc3F)cc1)CC2. The van der Waals surface area contributed by atoms with Gasteiger partial charge in [-0.25, -0.2) is 4.39 Å². The zero-order valence-electron chi connectivity index (χ0n) is 15.7. The van der Waals surface area contributed by atoms with Gasteiger partial charge in [0.1, 0.15) is 5.82 Å². The molecule has 3 nitrogen and oxygen atoms in total. The minimum absolute atomic E-state index is 0.178. The average Bonchev–Trinajstić information content (AvgIpc) is 2.87. The number of hydrogen-bond donors (Lipinski definition) is 1. The van der Waals surface area contributed by atoms with Crippen LogP contribution >= 0.6 is 0 Å². The van der Waals surface area contributed by atoms with Gasteiger partial charge in [0, 0.05) is 25.1 Å². The molecule has 2 aliphatic heterocycles. The Morgan fingerprint density at radius 1 is 0.963 bits per heavy atom. The maximum absolute atomic E-state index is 13.9. The van der Waals surface area contributed by atoms with Gasteiger partial charge in [0.15, 0.2) is 0 Å². The van der Waals surface area contributed by atoms with E-state index in [9.17, 15) is 9.18 Å². The van der Waals surface area contributed by atoms with Crippen molar-refractivity contribution >= 4 is 5.91 Å². The van der Waals surface area contributed by atoms with Crippen LogP contribution in [0.4, 0.5) is 4.39 Å². The number of likely N-dealkylation sites (tertiary alicyclic amines) is 1. The van der Waals surface area contributed by atoms with E-state index >= 15 is 0 Å². The van der Waals surface area contributed by atoms with Crippen LogP contribution in [0.1, 0.15) is 37.7 Å². The maximum atomic E-state index is 13.9. The van der Waals surface area contributed by atoms with Crippen LogP contribution in [0.5, 0.6) is 0 Å². The molecule has 27 heavy (non-hydrogen) atoms.